The van der Waals surface area contributed by atoms with E-state index in [0.717, 1.165) is 25.1 Å². The molecule has 1 aromatic rings. The van der Waals surface area contributed by atoms with E-state index in [4.69, 9.17) is 5.73 Å². The SMILES string of the molecule is CCN(CC)C(C)(CN)Cc1cccc(O)c1. The number of hydrogen-bond donors (Lipinski definition) is 2. The van der Waals surface area contributed by atoms with Gasteiger partial charge in [0, 0.05) is 12.1 Å². The maximum atomic E-state index is 9.49. The van der Waals surface area contributed by atoms with Crippen LogP contribution < -0.4 is 5.73 Å². The maximum Gasteiger partial charge on any atom is 0.115 e. The first kappa shape index (κ1) is 14.0. The van der Waals surface area contributed by atoms with E-state index >= 15 is 0 Å². The molecular formula is C14H24N2O. The Balaban J connectivity index is 2.88. The van der Waals surface area contributed by atoms with Crippen molar-refractivity contribution in [1.29, 1.82) is 0 Å². The first-order chi connectivity index (χ1) is 8.05. The Bertz CT molecular complexity index is 350. The van der Waals surface area contributed by atoms with E-state index in [0.29, 0.717) is 12.3 Å². The smallest absolute Gasteiger partial charge is 0.115 e. The first-order valence-corrected chi connectivity index (χ1v) is 6.28. The molecule has 0 heterocycles. The monoisotopic (exact) mass is 236 g/mol. The number of nitrogens with two attached hydrogens (primary N) is 1. The lowest BCUT2D eigenvalue weighted by Crippen LogP contribution is -2.53. The molecule has 17 heavy (non-hydrogen) atoms. The van der Waals surface area contributed by atoms with Crippen LogP contribution in [0.25, 0.3) is 0 Å². The predicted molar refractivity (Wildman–Crippen MR) is 72.2 cm³/mol. The molecule has 0 spiro atoms. The van der Waals surface area contributed by atoms with Gasteiger partial charge in [-0.2, -0.15) is 0 Å². The molecule has 0 aromatic heterocycles. The molecule has 3 N–H and O–H groups in total. The zero-order valence-electron chi connectivity index (χ0n) is 11.1. The van der Waals surface area contributed by atoms with E-state index in [1.807, 2.05) is 18.2 Å². The Morgan fingerprint density at radius 1 is 1.29 bits per heavy atom. The van der Waals surface area contributed by atoms with Crippen LogP contribution in [0.3, 0.4) is 0 Å². The number of hydrogen-bond acceptors (Lipinski definition) is 3. The second-order valence-electron chi connectivity index (χ2n) is 4.72. The fourth-order valence-corrected chi connectivity index (χ4v) is 2.41. The summed E-state index contributed by atoms with van der Waals surface area (Å²) in [6, 6.07) is 7.43. The van der Waals surface area contributed by atoms with Crippen molar-refractivity contribution < 1.29 is 5.11 Å². The molecule has 0 saturated carbocycles. The van der Waals surface area contributed by atoms with Gasteiger partial charge in [0.1, 0.15) is 5.75 Å². The highest BCUT2D eigenvalue weighted by Gasteiger charge is 2.28. The van der Waals surface area contributed by atoms with E-state index in [2.05, 4.69) is 25.7 Å². The van der Waals surface area contributed by atoms with Crippen molar-refractivity contribution in [2.45, 2.75) is 32.7 Å². The number of nitrogens with zero attached hydrogens (tertiary/aromatic N) is 1. The first-order valence-electron chi connectivity index (χ1n) is 6.28. The molecule has 1 rings (SSSR count). The van der Waals surface area contributed by atoms with Crippen LogP contribution in [0.15, 0.2) is 24.3 Å². The van der Waals surface area contributed by atoms with Crippen molar-refractivity contribution in [3.05, 3.63) is 29.8 Å². The largest absolute Gasteiger partial charge is 0.508 e. The predicted octanol–water partition coefficient (Wildman–Crippen LogP) is 1.99. The number of phenols is 1. The van der Waals surface area contributed by atoms with Gasteiger partial charge in [0.2, 0.25) is 0 Å². The number of likely N-dealkylation sites (N-methyl/N-ethyl adjacent to an activating group) is 1. The molecule has 3 nitrogen and oxygen atoms in total. The van der Waals surface area contributed by atoms with E-state index in [1.54, 1.807) is 6.07 Å². The quantitative estimate of drug-likeness (QED) is 0.794. The van der Waals surface area contributed by atoms with Gasteiger partial charge in [-0.1, -0.05) is 26.0 Å². The molecule has 1 atom stereocenters. The van der Waals surface area contributed by atoms with Crippen LogP contribution in [0.5, 0.6) is 5.75 Å². The molecule has 0 bridgehead atoms. The van der Waals surface area contributed by atoms with Crippen molar-refractivity contribution in [3.8, 4) is 5.75 Å². The lowest BCUT2D eigenvalue weighted by atomic mass is 9.90. The van der Waals surface area contributed by atoms with Gasteiger partial charge in [0.25, 0.3) is 0 Å². The van der Waals surface area contributed by atoms with Gasteiger partial charge in [-0.3, -0.25) is 4.90 Å². The van der Waals surface area contributed by atoms with Crippen LogP contribution >= 0.6 is 0 Å². The topological polar surface area (TPSA) is 49.5 Å². The molecule has 1 aromatic carbocycles. The molecular weight excluding hydrogens is 212 g/mol. The molecule has 0 radical (unpaired) electrons. The second kappa shape index (κ2) is 6.03. The van der Waals surface area contributed by atoms with Gasteiger partial charge >= 0.3 is 0 Å². The normalized spacial score (nSPS) is 14.9. The van der Waals surface area contributed by atoms with Crippen molar-refractivity contribution in [2.75, 3.05) is 19.6 Å². The summed E-state index contributed by atoms with van der Waals surface area (Å²) >= 11 is 0. The summed E-state index contributed by atoms with van der Waals surface area (Å²) < 4.78 is 0. The summed E-state index contributed by atoms with van der Waals surface area (Å²) in [5.41, 5.74) is 7.03. The lowest BCUT2D eigenvalue weighted by Gasteiger charge is -2.39. The molecule has 96 valence electrons. The Kier molecular flexibility index (Phi) is 4.97. The summed E-state index contributed by atoms with van der Waals surface area (Å²) in [5.74, 6) is 0.321. The van der Waals surface area contributed by atoms with Crippen molar-refractivity contribution in [1.82, 2.24) is 4.90 Å². The minimum absolute atomic E-state index is 0.0444. The summed E-state index contributed by atoms with van der Waals surface area (Å²) in [7, 11) is 0. The summed E-state index contributed by atoms with van der Waals surface area (Å²) in [5, 5.41) is 9.49. The zero-order chi connectivity index (χ0) is 12.9. The number of phenolic OH excluding ortho intramolecular Hbond substituents is 1. The molecule has 1 unspecified atom stereocenters. The summed E-state index contributed by atoms with van der Waals surface area (Å²) in [6.07, 6.45) is 0.861. The molecule has 0 amide bonds. The summed E-state index contributed by atoms with van der Waals surface area (Å²) in [6.45, 7) is 9.08. The van der Waals surface area contributed by atoms with Gasteiger partial charge in [0.05, 0.1) is 0 Å². The van der Waals surface area contributed by atoms with Crippen LogP contribution in [0.1, 0.15) is 26.3 Å². The van der Waals surface area contributed by atoms with Gasteiger partial charge in [-0.25, -0.2) is 0 Å². The highest BCUT2D eigenvalue weighted by atomic mass is 16.3. The van der Waals surface area contributed by atoms with Crippen LogP contribution in [0.2, 0.25) is 0 Å². The van der Waals surface area contributed by atoms with Crippen LogP contribution in [-0.4, -0.2) is 35.2 Å². The van der Waals surface area contributed by atoms with Crippen LogP contribution in [0, 0.1) is 0 Å². The number of benzene rings is 1. The van der Waals surface area contributed by atoms with E-state index in [9.17, 15) is 5.11 Å². The van der Waals surface area contributed by atoms with Crippen LogP contribution in [0.4, 0.5) is 0 Å². The Morgan fingerprint density at radius 2 is 1.94 bits per heavy atom. The van der Waals surface area contributed by atoms with Crippen molar-refractivity contribution >= 4 is 0 Å². The minimum atomic E-state index is -0.0444. The van der Waals surface area contributed by atoms with Gasteiger partial charge < -0.3 is 10.8 Å². The Morgan fingerprint density at radius 3 is 2.41 bits per heavy atom. The Labute approximate surface area is 104 Å². The van der Waals surface area contributed by atoms with Gasteiger partial charge in [-0.05, 0) is 44.1 Å². The third-order valence-electron chi connectivity index (χ3n) is 3.46. The van der Waals surface area contributed by atoms with Crippen LogP contribution in [-0.2, 0) is 6.42 Å². The van der Waals surface area contributed by atoms with Gasteiger partial charge in [-0.15, -0.1) is 0 Å². The maximum absolute atomic E-state index is 9.49. The molecule has 0 aliphatic carbocycles. The highest BCUT2D eigenvalue weighted by molar-refractivity contribution is 5.28. The average Bonchev–Trinajstić information content (AvgIpc) is 2.30. The lowest BCUT2D eigenvalue weighted by molar-refractivity contribution is 0.124. The standard InChI is InChI=1S/C14H24N2O/c1-4-16(5-2)14(3,11-15)10-12-7-6-8-13(17)9-12/h6-9,17H,4-5,10-11,15H2,1-3H3. The third kappa shape index (κ3) is 3.45. The number of rotatable bonds is 6. The molecule has 0 fully saturated rings. The molecule has 0 aliphatic rings. The van der Waals surface area contributed by atoms with E-state index in [1.165, 1.54) is 0 Å². The zero-order valence-corrected chi connectivity index (χ0v) is 11.1. The third-order valence-corrected chi connectivity index (χ3v) is 3.46. The fraction of sp³-hybridized carbons (Fsp3) is 0.571. The summed E-state index contributed by atoms with van der Waals surface area (Å²) in [4.78, 5) is 2.37. The number of aromatic hydroxyl groups is 1. The molecule has 0 saturated heterocycles. The van der Waals surface area contributed by atoms with Crippen molar-refractivity contribution in [2.24, 2.45) is 5.73 Å². The Hall–Kier alpha value is -1.06. The highest BCUT2D eigenvalue weighted by Crippen LogP contribution is 2.21. The van der Waals surface area contributed by atoms with E-state index in [-0.39, 0.29) is 5.54 Å². The minimum Gasteiger partial charge on any atom is -0.508 e. The van der Waals surface area contributed by atoms with E-state index < -0.39 is 0 Å². The second-order valence-corrected chi connectivity index (χ2v) is 4.72. The fourth-order valence-electron chi connectivity index (χ4n) is 2.41. The van der Waals surface area contributed by atoms with Gasteiger partial charge in [0.15, 0.2) is 0 Å². The molecule has 3 heteroatoms. The molecule has 0 aliphatic heterocycles. The average molecular weight is 236 g/mol. The van der Waals surface area contributed by atoms with Crippen molar-refractivity contribution in [3.63, 3.8) is 0 Å².